The van der Waals surface area contributed by atoms with Gasteiger partial charge in [-0.1, -0.05) is 12.1 Å². The minimum atomic E-state index is 0.279. The van der Waals surface area contributed by atoms with E-state index < -0.39 is 0 Å². The van der Waals surface area contributed by atoms with Crippen LogP contribution in [-0.2, 0) is 11.2 Å². The summed E-state index contributed by atoms with van der Waals surface area (Å²) in [5.74, 6) is 0.356. The molecule has 94 valence electrons. The van der Waals surface area contributed by atoms with Gasteiger partial charge >= 0.3 is 0 Å². The first kappa shape index (κ1) is 12.4. The second-order valence-corrected chi connectivity index (χ2v) is 4.99. The van der Waals surface area contributed by atoms with Crippen molar-refractivity contribution < 1.29 is 9.84 Å². The van der Waals surface area contributed by atoms with E-state index in [0.29, 0.717) is 5.75 Å². The molecule has 3 nitrogen and oxygen atoms in total. The molecule has 0 atom stereocenters. The third kappa shape index (κ3) is 3.20. The lowest BCUT2D eigenvalue weighted by Crippen LogP contribution is -2.39. The lowest BCUT2D eigenvalue weighted by atomic mass is 9.75. The Morgan fingerprint density at radius 1 is 1.35 bits per heavy atom. The Bertz CT molecular complexity index is 353. The SMILES string of the molecule is CNCC1(Cc2cccc(O)c2)CCOCC1. The van der Waals surface area contributed by atoms with Crippen molar-refractivity contribution in [3.8, 4) is 5.75 Å². The van der Waals surface area contributed by atoms with Gasteiger partial charge in [0.05, 0.1) is 0 Å². The molecule has 3 heteroatoms. The molecule has 0 unspecified atom stereocenters. The fourth-order valence-corrected chi connectivity index (χ4v) is 2.69. The molecule has 1 fully saturated rings. The van der Waals surface area contributed by atoms with Crippen LogP contribution in [0.25, 0.3) is 0 Å². The smallest absolute Gasteiger partial charge is 0.115 e. The van der Waals surface area contributed by atoms with E-state index in [1.165, 1.54) is 5.56 Å². The largest absolute Gasteiger partial charge is 0.508 e. The van der Waals surface area contributed by atoms with Gasteiger partial charge in [0.2, 0.25) is 0 Å². The topological polar surface area (TPSA) is 41.5 Å². The molecule has 2 rings (SSSR count). The molecule has 0 radical (unpaired) electrons. The van der Waals surface area contributed by atoms with Crippen LogP contribution in [-0.4, -0.2) is 31.9 Å². The molecular weight excluding hydrogens is 214 g/mol. The third-order valence-electron chi connectivity index (χ3n) is 3.59. The number of rotatable bonds is 4. The first-order chi connectivity index (χ1) is 8.24. The molecular formula is C14H21NO2. The van der Waals surface area contributed by atoms with Gasteiger partial charge in [-0.05, 0) is 49.4 Å². The predicted molar refractivity (Wildman–Crippen MR) is 68.2 cm³/mol. The number of nitrogens with one attached hydrogen (secondary N) is 1. The zero-order valence-electron chi connectivity index (χ0n) is 10.4. The van der Waals surface area contributed by atoms with E-state index in [1.54, 1.807) is 6.07 Å². The molecule has 17 heavy (non-hydrogen) atoms. The molecule has 0 spiro atoms. The van der Waals surface area contributed by atoms with Gasteiger partial charge in [0.25, 0.3) is 0 Å². The molecule has 1 heterocycles. The number of hydrogen-bond donors (Lipinski definition) is 2. The molecule has 1 aromatic carbocycles. The normalized spacial score (nSPS) is 19.1. The number of hydrogen-bond acceptors (Lipinski definition) is 3. The van der Waals surface area contributed by atoms with Gasteiger partial charge in [-0.25, -0.2) is 0 Å². The number of phenolic OH excluding ortho intramolecular Hbond substituents is 1. The molecule has 0 amide bonds. The Hall–Kier alpha value is -1.06. The average Bonchev–Trinajstić information content (AvgIpc) is 2.30. The van der Waals surface area contributed by atoms with Gasteiger partial charge in [0, 0.05) is 19.8 Å². The first-order valence-electron chi connectivity index (χ1n) is 6.24. The van der Waals surface area contributed by atoms with Crippen LogP contribution >= 0.6 is 0 Å². The summed E-state index contributed by atoms with van der Waals surface area (Å²) < 4.78 is 5.46. The number of aromatic hydroxyl groups is 1. The molecule has 1 aromatic rings. The molecule has 1 aliphatic heterocycles. The Balaban J connectivity index is 2.11. The molecule has 0 saturated carbocycles. The van der Waals surface area contributed by atoms with Gasteiger partial charge in [0.1, 0.15) is 5.75 Å². The highest BCUT2D eigenvalue weighted by Crippen LogP contribution is 2.34. The van der Waals surface area contributed by atoms with Crippen LogP contribution < -0.4 is 5.32 Å². The number of ether oxygens (including phenoxy) is 1. The number of phenols is 1. The summed E-state index contributed by atoms with van der Waals surface area (Å²) >= 11 is 0. The third-order valence-corrected chi connectivity index (χ3v) is 3.59. The Morgan fingerprint density at radius 3 is 2.76 bits per heavy atom. The molecule has 2 N–H and O–H groups in total. The highest BCUT2D eigenvalue weighted by Gasteiger charge is 2.32. The van der Waals surface area contributed by atoms with Crippen molar-refractivity contribution in [2.45, 2.75) is 19.3 Å². The maximum atomic E-state index is 9.52. The van der Waals surface area contributed by atoms with Crippen LogP contribution in [0.4, 0.5) is 0 Å². The molecule has 1 saturated heterocycles. The van der Waals surface area contributed by atoms with E-state index in [-0.39, 0.29) is 5.41 Å². The number of benzene rings is 1. The summed E-state index contributed by atoms with van der Waals surface area (Å²) in [5.41, 5.74) is 1.49. The maximum Gasteiger partial charge on any atom is 0.115 e. The molecule has 1 aliphatic rings. The van der Waals surface area contributed by atoms with E-state index in [2.05, 4.69) is 11.4 Å². The molecule has 0 bridgehead atoms. The Morgan fingerprint density at radius 2 is 2.12 bits per heavy atom. The monoisotopic (exact) mass is 235 g/mol. The first-order valence-corrected chi connectivity index (χ1v) is 6.24. The van der Waals surface area contributed by atoms with Gasteiger partial charge in [0.15, 0.2) is 0 Å². The van der Waals surface area contributed by atoms with Crippen LogP contribution in [0.3, 0.4) is 0 Å². The van der Waals surface area contributed by atoms with Gasteiger partial charge in [-0.2, -0.15) is 0 Å². The summed E-state index contributed by atoms with van der Waals surface area (Å²) in [4.78, 5) is 0. The van der Waals surface area contributed by atoms with E-state index in [1.807, 2.05) is 19.2 Å². The van der Waals surface area contributed by atoms with Crippen molar-refractivity contribution >= 4 is 0 Å². The fourth-order valence-electron chi connectivity index (χ4n) is 2.69. The van der Waals surface area contributed by atoms with Crippen LogP contribution in [0.2, 0.25) is 0 Å². The van der Waals surface area contributed by atoms with Crippen molar-refractivity contribution in [1.29, 1.82) is 0 Å². The lowest BCUT2D eigenvalue weighted by molar-refractivity contribution is 0.0158. The Labute approximate surface area is 103 Å². The quantitative estimate of drug-likeness (QED) is 0.838. The minimum absolute atomic E-state index is 0.279. The zero-order chi connectivity index (χ0) is 12.1. The van der Waals surface area contributed by atoms with E-state index in [9.17, 15) is 5.11 Å². The fraction of sp³-hybridized carbons (Fsp3) is 0.571. The van der Waals surface area contributed by atoms with E-state index in [4.69, 9.17) is 4.74 Å². The van der Waals surface area contributed by atoms with Crippen molar-refractivity contribution in [2.24, 2.45) is 5.41 Å². The Kier molecular flexibility index (Phi) is 4.02. The summed E-state index contributed by atoms with van der Waals surface area (Å²) in [7, 11) is 2.00. The van der Waals surface area contributed by atoms with Crippen molar-refractivity contribution in [2.75, 3.05) is 26.8 Å². The average molecular weight is 235 g/mol. The lowest BCUT2D eigenvalue weighted by Gasteiger charge is -2.37. The van der Waals surface area contributed by atoms with E-state index in [0.717, 1.165) is 39.0 Å². The second kappa shape index (κ2) is 5.52. The van der Waals surface area contributed by atoms with Crippen LogP contribution in [0.5, 0.6) is 5.75 Å². The van der Waals surface area contributed by atoms with Crippen molar-refractivity contribution in [3.63, 3.8) is 0 Å². The standard InChI is InChI=1S/C14H21NO2/c1-15-11-14(5-7-17-8-6-14)10-12-3-2-4-13(16)9-12/h2-4,9,15-16H,5-8,10-11H2,1H3. The van der Waals surface area contributed by atoms with Crippen LogP contribution in [0, 0.1) is 5.41 Å². The summed E-state index contributed by atoms with van der Waals surface area (Å²) in [6, 6.07) is 7.59. The molecule has 0 aliphatic carbocycles. The van der Waals surface area contributed by atoms with E-state index >= 15 is 0 Å². The summed E-state index contributed by atoms with van der Waals surface area (Å²) in [6.45, 7) is 2.70. The van der Waals surface area contributed by atoms with Gasteiger partial charge in [-0.3, -0.25) is 0 Å². The summed E-state index contributed by atoms with van der Waals surface area (Å²) in [6.07, 6.45) is 3.18. The predicted octanol–water partition coefficient (Wildman–Crippen LogP) is 1.95. The van der Waals surface area contributed by atoms with Gasteiger partial charge < -0.3 is 15.2 Å². The highest BCUT2D eigenvalue weighted by atomic mass is 16.5. The minimum Gasteiger partial charge on any atom is -0.508 e. The van der Waals surface area contributed by atoms with Crippen LogP contribution in [0.1, 0.15) is 18.4 Å². The van der Waals surface area contributed by atoms with Crippen molar-refractivity contribution in [3.05, 3.63) is 29.8 Å². The zero-order valence-corrected chi connectivity index (χ0v) is 10.4. The maximum absolute atomic E-state index is 9.52. The molecule has 0 aromatic heterocycles. The van der Waals surface area contributed by atoms with Gasteiger partial charge in [-0.15, -0.1) is 0 Å². The van der Waals surface area contributed by atoms with Crippen molar-refractivity contribution in [1.82, 2.24) is 5.32 Å². The summed E-state index contributed by atoms with van der Waals surface area (Å²) in [5, 5.41) is 12.8. The highest BCUT2D eigenvalue weighted by molar-refractivity contribution is 5.28. The second-order valence-electron chi connectivity index (χ2n) is 4.99. The van der Waals surface area contributed by atoms with Crippen LogP contribution in [0.15, 0.2) is 24.3 Å².